The first-order valence-corrected chi connectivity index (χ1v) is 10.4. The van der Waals surface area contributed by atoms with Gasteiger partial charge in [0.1, 0.15) is 23.1 Å². The first kappa shape index (κ1) is 17.3. The summed E-state index contributed by atoms with van der Waals surface area (Å²) in [6.07, 6.45) is 2.27. The lowest BCUT2D eigenvalue weighted by molar-refractivity contribution is -0.134. The second kappa shape index (κ2) is 6.35. The second-order valence-corrected chi connectivity index (χ2v) is 8.35. The molecule has 142 valence electrons. The Hall–Kier alpha value is -2.85. The lowest BCUT2D eigenvalue weighted by atomic mass is 9.80. The first-order valence-electron chi connectivity index (χ1n) is 8.80. The zero-order valence-electron chi connectivity index (χ0n) is 14.6. The summed E-state index contributed by atoms with van der Waals surface area (Å²) in [6.45, 7) is -0.347. The molecular formula is C18H15N5O3S2. The Bertz CT molecular complexity index is 1120. The van der Waals surface area contributed by atoms with Crippen LogP contribution < -0.4 is 10.6 Å². The van der Waals surface area contributed by atoms with Crippen molar-refractivity contribution in [1.29, 1.82) is 0 Å². The van der Waals surface area contributed by atoms with E-state index in [1.54, 1.807) is 29.5 Å². The van der Waals surface area contributed by atoms with Crippen molar-refractivity contribution in [2.45, 2.75) is 24.8 Å². The van der Waals surface area contributed by atoms with Crippen molar-refractivity contribution in [3.05, 3.63) is 40.1 Å². The number of benzene rings is 1. The molecule has 10 heteroatoms. The Morgan fingerprint density at radius 3 is 3.07 bits per heavy atom. The smallest absolute Gasteiger partial charge is 0.323 e. The van der Waals surface area contributed by atoms with Crippen LogP contribution in [0.25, 0.3) is 11.0 Å². The molecule has 8 nitrogen and oxygen atoms in total. The number of imide groups is 1. The van der Waals surface area contributed by atoms with Crippen molar-refractivity contribution in [3.63, 3.8) is 0 Å². The fourth-order valence-electron chi connectivity index (χ4n) is 3.93. The van der Waals surface area contributed by atoms with Crippen molar-refractivity contribution >= 4 is 57.6 Å². The van der Waals surface area contributed by atoms with Crippen LogP contribution in [0.3, 0.4) is 0 Å². The zero-order chi connectivity index (χ0) is 19.3. The third-order valence-corrected chi connectivity index (χ3v) is 6.72. The van der Waals surface area contributed by atoms with Gasteiger partial charge in [-0.05, 0) is 42.8 Å². The number of anilines is 1. The summed E-state index contributed by atoms with van der Waals surface area (Å²) in [4.78, 5) is 40.4. The summed E-state index contributed by atoms with van der Waals surface area (Å²) >= 11 is 2.65. The number of rotatable bonds is 3. The molecule has 2 N–H and O–H groups in total. The van der Waals surface area contributed by atoms with Gasteiger partial charge in [0.25, 0.3) is 5.91 Å². The highest BCUT2D eigenvalue weighted by Crippen LogP contribution is 2.42. The molecule has 28 heavy (non-hydrogen) atoms. The predicted molar refractivity (Wildman–Crippen MR) is 105 cm³/mol. The average Bonchev–Trinajstić information content (AvgIpc) is 3.39. The van der Waals surface area contributed by atoms with Crippen LogP contribution in [0.5, 0.6) is 0 Å². The Balaban J connectivity index is 1.38. The molecule has 1 aliphatic carbocycles. The summed E-state index contributed by atoms with van der Waals surface area (Å²) in [6, 6.07) is 6.65. The largest absolute Gasteiger partial charge is 0.325 e. The number of urea groups is 1. The Labute approximate surface area is 167 Å². The molecule has 1 fully saturated rings. The van der Waals surface area contributed by atoms with Gasteiger partial charge in [0.2, 0.25) is 5.91 Å². The standard InChI is InChI=1S/C18H15N5O3S2/c24-14(19-11-3-1-4-12-15(11)22-28-21-12)9-23-16(25)18(20-17(23)26)7-2-5-13-10(18)6-8-27-13/h1,3-4,6,8H,2,5,7,9H2,(H,19,24)(H,20,26)/t18-/m0/s1. The summed E-state index contributed by atoms with van der Waals surface area (Å²) < 4.78 is 8.32. The molecule has 1 spiro atoms. The fraction of sp³-hybridized carbons (Fsp3) is 0.278. The minimum Gasteiger partial charge on any atom is -0.323 e. The van der Waals surface area contributed by atoms with E-state index < -0.39 is 17.5 Å². The molecule has 1 aliphatic heterocycles. The minimum absolute atomic E-state index is 0.347. The minimum atomic E-state index is -1.04. The van der Waals surface area contributed by atoms with Gasteiger partial charge in [0.15, 0.2) is 0 Å². The summed E-state index contributed by atoms with van der Waals surface area (Å²) in [7, 11) is 0. The third kappa shape index (κ3) is 2.52. The van der Waals surface area contributed by atoms with E-state index in [9.17, 15) is 14.4 Å². The zero-order valence-corrected chi connectivity index (χ0v) is 16.2. The van der Waals surface area contributed by atoms with E-state index in [1.165, 1.54) is 0 Å². The monoisotopic (exact) mass is 413 g/mol. The van der Waals surface area contributed by atoms with E-state index in [4.69, 9.17) is 0 Å². The molecule has 2 aliphatic rings. The van der Waals surface area contributed by atoms with E-state index >= 15 is 0 Å². The summed E-state index contributed by atoms with van der Waals surface area (Å²) in [5, 5.41) is 7.53. The van der Waals surface area contributed by atoms with Gasteiger partial charge in [-0.2, -0.15) is 8.75 Å². The molecule has 5 rings (SSSR count). The number of nitrogens with one attached hydrogen (secondary N) is 2. The van der Waals surface area contributed by atoms with Gasteiger partial charge >= 0.3 is 6.03 Å². The highest BCUT2D eigenvalue weighted by molar-refractivity contribution is 7.10. The van der Waals surface area contributed by atoms with Crippen LogP contribution in [0.1, 0.15) is 23.3 Å². The molecule has 2 aromatic heterocycles. The Kier molecular flexibility index (Phi) is 3.91. The van der Waals surface area contributed by atoms with E-state index in [2.05, 4.69) is 19.4 Å². The highest BCUT2D eigenvalue weighted by Gasteiger charge is 2.54. The predicted octanol–water partition coefficient (Wildman–Crippen LogP) is 2.47. The van der Waals surface area contributed by atoms with Crippen LogP contribution in [-0.4, -0.2) is 38.0 Å². The van der Waals surface area contributed by atoms with Crippen LogP contribution in [0.15, 0.2) is 29.6 Å². The summed E-state index contributed by atoms with van der Waals surface area (Å²) in [5.74, 6) is -0.817. The lowest BCUT2D eigenvalue weighted by Gasteiger charge is -2.31. The topological polar surface area (TPSA) is 104 Å². The lowest BCUT2D eigenvalue weighted by Crippen LogP contribution is -2.46. The normalized spacial score (nSPS) is 21.2. The molecule has 0 unspecified atom stereocenters. The van der Waals surface area contributed by atoms with Crippen molar-refractivity contribution < 1.29 is 14.4 Å². The van der Waals surface area contributed by atoms with Crippen LogP contribution in [-0.2, 0) is 21.5 Å². The number of hydrogen-bond donors (Lipinski definition) is 2. The molecular weight excluding hydrogens is 398 g/mol. The second-order valence-electron chi connectivity index (χ2n) is 6.82. The molecule has 1 aromatic carbocycles. The third-order valence-electron chi connectivity index (χ3n) is 5.20. The summed E-state index contributed by atoms with van der Waals surface area (Å²) in [5.41, 5.74) is 1.61. The molecule has 4 amide bonds. The van der Waals surface area contributed by atoms with Gasteiger partial charge in [-0.1, -0.05) is 6.07 Å². The van der Waals surface area contributed by atoms with Crippen LogP contribution >= 0.6 is 23.1 Å². The quantitative estimate of drug-likeness (QED) is 0.642. The number of aromatic nitrogens is 2. The first-order chi connectivity index (χ1) is 13.6. The number of thiophene rings is 1. The van der Waals surface area contributed by atoms with Crippen LogP contribution in [0.2, 0.25) is 0 Å². The van der Waals surface area contributed by atoms with Gasteiger partial charge in [0.05, 0.1) is 17.4 Å². The Morgan fingerprint density at radius 1 is 1.29 bits per heavy atom. The number of fused-ring (bicyclic) bond motifs is 3. The maximum absolute atomic E-state index is 13.2. The number of carbonyl (C=O) groups excluding carboxylic acids is 3. The van der Waals surface area contributed by atoms with Crippen LogP contribution in [0, 0.1) is 0 Å². The fourth-order valence-corrected chi connectivity index (χ4v) is 5.47. The van der Waals surface area contributed by atoms with Gasteiger partial charge in [0, 0.05) is 10.4 Å². The van der Waals surface area contributed by atoms with Crippen molar-refractivity contribution in [3.8, 4) is 0 Å². The van der Waals surface area contributed by atoms with Gasteiger partial charge in [-0.3, -0.25) is 14.5 Å². The number of carbonyl (C=O) groups is 3. The maximum atomic E-state index is 13.2. The number of amides is 4. The van der Waals surface area contributed by atoms with Gasteiger partial charge in [-0.25, -0.2) is 4.79 Å². The van der Waals surface area contributed by atoms with Gasteiger partial charge in [-0.15, -0.1) is 11.3 Å². The molecule has 1 atom stereocenters. The van der Waals surface area contributed by atoms with Crippen molar-refractivity contribution in [2.75, 3.05) is 11.9 Å². The van der Waals surface area contributed by atoms with Gasteiger partial charge < -0.3 is 10.6 Å². The SMILES string of the molecule is O=C(CN1C(=O)N[C@]2(CCCc3sccc32)C1=O)Nc1cccc2nsnc12. The van der Waals surface area contributed by atoms with E-state index in [0.717, 1.165) is 39.9 Å². The number of aryl methyl sites for hydroxylation is 1. The highest BCUT2D eigenvalue weighted by atomic mass is 32.1. The number of nitrogens with zero attached hydrogens (tertiary/aromatic N) is 3. The molecule has 3 aromatic rings. The van der Waals surface area contributed by atoms with Crippen molar-refractivity contribution in [1.82, 2.24) is 19.0 Å². The maximum Gasteiger partial charge on any atom is 0.325 e. The Morgan fingerprint density at radius 2 is 2.18 bits per heavy atom. The number of hydrogen-bond acceptors (Lipinski definition) is 7. The van der Waals surface area contributed by atoms with E-state index in [1.807, 2.05) is 11.4 Å². The molecule has 0 bridgehead atoms. The molecule has 3 heterocycles. The van der Waals surface area contributed by atoms with Crippen LogP contribution in [0.4, 0.5) is 10.5 Å². The van der Waals surface area contributed by atoms with E-state index in [-0.39, 0.29) is 12.5 Å². The average molecular weight is 413 g/mol. The molecule has 1 saturated heterocycles. The molecule has 0 saturated carbocycles. The van der Waals surface area contributed by atoms with E-state index in [0.29, 0.717) is 23.1 Å². The van der Waals surface area contributed by atoms with Crippen molar-refractivity contribution in [2.24, 2.45) is 0 Å². The molecule has 0 radical (unpaired) electrons.